The van der Waals surface area contributed by atoms with E-state index < -0.39 is 0 Å². The Kier molecular flexibility index (Phi) is 4.13. The largest absolute Gasteiger partial charge is 0.306 e. The summed E-state index contributed by atoms with van der Waals surface area (Å²) < 4.78 is 0. The molecule has 0 aliphatic carbocycles. The molecule has 1 heterocycles. The summed E-state index contributed by atoms with van der Waals surface area (Å²) in [6, 6.07) is 12.2. The maximum atomic E-state index is 5.84. The van der Waals surface area contributed by atoms with E-state index >= 15 is 0 Å². The van der Waals surface area contributed by atoms with Gasteiger partial charge in [-0.1, -0.05) is 29.8 Å². The molecular weight excluding hydrogens is 232 g/mol. The Morgan fingerprint density at radius 2 is 2.00 bits per heavy atom. The smallest absolute Gasteiger partial charge is 0.0406 e. The minimum atomic E-state index is 0.291. The average molecular weight is 247 g/mol. The highest BCUT2D eigenvalue weighted by Crippen LogP contribution is 2.13. The van der Waals surface area contributed by atoms with Gasteiger partial charge in [0.2, 0.25) is 0 Å². The Labute approximate surface area is 107 Å². The van der Waals surface area contributed by atoms with Crippen molar-refractivity contribution in [2.24, 2.45) is 0 Å². The third-order valence-corrected chi connectivity index (χ3v) is 2.96. The first-order valence-electron chi connectivity index (χ1n) is 5.63. The number of rotatable bonds is 4. The van der Waals surface area contributed by atoms with Crippen LogP contribution in [0.5, 0.6) is 0 Å². The van der Waals surface area contributed by atoms with Gasteiger partial charge in [-0.3, -0.25) is 4.98 Å². The lowest BCUT2D eigenvalue weighted by Gasteiger charge is -2.13. The Morgan fingerprint density at radius 1 is 1.24 bits per heavy atom. The molecule has 17 heavy (non-hydrogen) atoms. The number of nitrogens with zero attached hydrogens (tertiary/aromatic N) is 1. The fourth-order valence-corrected chi connectivity index (χ4v) is 1.75. The lowest BCUT2D eigenvalue weighted by Crippen LogP contribution is -2.18. The molecule has 1 aromatic heterocycles. The van der Waals surface area contributed by atoms with E-state index in [0.29, 0.717) is 6.04 Å². The third-order valence-electron chi connectivity index (χ3n) is 2.71. The summed E-state index contributed by atoms with van der Waals surface area (Å²) in [6.07, 6.45) is 3.68. The molecule has 2 aromatic rings. The van der Waals surface area contributed by atoms with E-state index in [0.717, 1.165) is 11.6 Å². The van der Waals surface area contributed by atoms with Crippen molar-refractivity contribution in [3.8, 4) is 0 Å². The van der Waals surface area contributed by atoms with Gasteiger partial charge in [0, 0.05) is 30.0 Å². The highest BCUT2D eigenvalue weighted by molar-refractivity contribution is 6.30. The van der Waals surface area contributed by atoms with Gasteiger partial charge >= 0.3 is 0 Å². The molecule has 0 bridgehead atoms. The van der Waals surface area contributed by atoms with Crippen LogP contribution < -0.4 is 5.32 Å². The van der Waals surface area contributed by atoms with Gasteiger partial charge in [-0.25, -0.2) is 0 Å². The molecule has 0 spiro atoms. The van der Waals surface area contributed by atoms with Crippen molar-refractivity contribution in [3.63, 3.8) is 0 Å². The maximum Gasteiger partial charge on any atom is 0.0406 e. The molecule has 3 heteroatoms. The van der Waals surface area contributed by atoms with Crippen LogP contribution in [0.3, 0.4) is 0 Å². The molecule has 2 rings (SSSR count). The predicted octanol–water partition coefficient (Wildman–Crippen LogP) is 3.59. The van der Waals surface area contributed by atoms with E-state index in [1.54, 1.807) is 6.20 Å². The average Bonchev–Trinajstić information content (AvgIpc) is 2.39. The van der Waals surface area contributed by atoms with E-state index in [1.165, 1.54) is 11.1 Å². The molecule has 2 nitrogen and oxygen atoms in total. The molecule has 0 aliphatic heterocycles. The monoisotopic (exact) mass is 246 g/mol. The van der Waals surface area contributed by atoms with Crippen molar-refractivity contribution in [2.45, 2.75) is 19.5 Å². The molecule has 1 unspecified atom stereocenters. The van der Waals surface area contributed by atoms with Crippen LogP contribution in [-0.4, -0.2) is 4.98 Å². The van der Waals surface area contributed by atoms with Gasteiger partial charge in [0.1, 0.15) is 0 Å². The van der Waals surface area contributed by atoms with Crippen LogP contribution >= 0.6 is 11.6 Å². The summed E-state index contributed by atoms with van der Waals surface area (Å²) in [4.78, 5) is 4.11. The summed E-state index contributed by atoms with van der Waals surface area (Å²) in [5, 5.41) is 4.22. The molecule has 0 aliphatic rings. The van der Waals surface area contributed by atoms with Crippen molar-refractivity contribution in [1.29, 1.82) is 0 Å². The highest BCUT2D eigenvalue weighted by atomic mass is 35.5. The molecule has 0 saturated heterocycles. The summed E-state index contributed by atoms with van der Waals surface area (Å²) in [7, 11) is 0. The van der Waals surface area contributed by atoms with Crippen LogP contribution in [0.15, 0.2) is 48.8 Å². The van der Waals surface area contributed by atoms with E-state index in [1.807, 2.05) is 36.5 Å². The molecule has 1 atom stereocenters. The van der Waals surface area contributed by atoms with Gasteiger partial charge in [0.15, 0.2) is 0 Å². The zero-order valence-corrected chi connectivity index (χ0v) is 10.5. The van der Waals surface area contributed by atoms with Crippen LogP contribution in [0.2, 0.25) is 5.02 Å². The second-order valence-corrected chi connectivity index (χ2v) is 4.45. The molecule has 1 N–H and O–H groups in total. The van der Waals surface area contributed by atoms with Crippen LogP contribution in [0.25, 0.3) is 0 Å². The summed E-state index contributed by atoms with van der Waals surface area (Å²) in [5.74, 6) is 0. The summed E-state index contributed by atoms with van der Waals surface area (Å²) in [5.41, 5.74) is 2.42. The van der Waals surface area contributed by atoms with Crippen molar-refractivity contribution < 1.29 is 0 Å². The van der Waals surface area contributed by atoms with Crippen LogP contribution in [0.1, 0.15) is 24.1 Å². The van der Waals surface area contributed by atoms with Gasteiger partial charge in [0.05, 0.1) is 0 Å². The molecule has 0 saturated carbocycles. The molecule has 1 aromatic carbocycles. The van der Waals surface area contributed by atoms with Crippen molar-refractivity contribution in [3.05, 3.63) is 64.9 Å². The normalized spacial score (nSPS) is 12.4. The second-order valence-electron chi connectivity index (χ2n) is 4.02. The van der Waals surface area contributed by atoms with Crippen molar-refractivity contribution >= 4 is 11.6 Å². The predicted molar refractivity (Wildman–Crippen MR) is 70.9 cm³/mol. The fraction of sp³-hybridized carbons (Fsp3) is 0.214. The molecule has 0 fully saturated rings. The SMILES string of the molecule is CC(NCc1ccc(Cl)cc1)c1cccnc1. The second kappa shape index (κ2) is 5.80. The van der Waals surface area contributed by atoms with E-state index in [-0.39, 0.29) is 0 Å². The molecule has 0 radical (unpaired) electrons. The van der Waals surface area contributed by atoms with Gasteiger partial charge in [-0.05, 0) is 36.2 Å². The van der Waals surface area contributed by atoms with Gasteiger partial charge in [-0.2, -0.15) is 0 Å². The number of aromatic nitrogens is 1. The number of hydrogen-bond donors (Lipinski definition) is 1. The maximum absolute atomic E-state index is 5.84. The Bertz CT molecular complexity index is 453. The first-order valence-corrected chi connectivity index (χ1v) is 6.01. The zero-order valence-electron chi connectivity index (χ0n) is 9.73. The molecule has 0 amide bonds. The Hall–Kier alpha value is -1.38. The van der Waals surface area contributed by atoms with Crippen LogP contribution in [-0.2, 0) is 6.54 Å². The van der Waals surface area contributed by atoms with Gasteiger partial charge < -0.3 is 5.32 Å². The lowest BCUT2D eigenvalue weighted by molar-refractivity contribution is 0.573. The van der Waals surface area contributed by atoms with E-state index in [9.17, 15) is 0 Å². The standard InChI is InChI=1S/C14H15ClN2/c1-11(13-3-2-8-16-10-13)17-9-12-4-6-14(15)7-5-12/h2-8,10-11,17H,9H2,1H3. The Balaban J connectivity index is 1.92. The van der Waals surface area contributed by atoms with Crippen LogP contribution in [0, 0.1) is 0 Å². The first-order chi connectivity index (χ1) is 8.25. The van der Waals surface area contributed by atoms with Crippen molar-refractivity contribution in [2.75, 3.05) is 0 Å². The number of hydrogen-bond acceptors (Lipinski definition) is 2. The number of pyridine rings is 1. The fourth-order valence-electron chi connectivity index (χ4n) is 1.62. The topological polar surface area (TPSA) is 24.9 Å². The van der Waals surface area contributed by atoms with E-state index in [2.05, 4.69) is 23.3 Å². The zero-order chi connectivity index (χ0) is 12.1. The highest BCUT2D eigenvalue weighted by Gasteiger charge is 2.04. The minimum absolute atomic E-state index is 0.291. The minimum Gasteiger partial charge on any atom is -0.306 e. The lowest BCUT2D eigenvalue weighted by atomic mass is 10.1. The van der Waals surface area contributed by atoms with Crippen LogP contribution in [0.4, 0.5) is 0 Å². The Morgan fingerprint density at radius 3 is 2.65 bits per heavy atom. The quantitative estimate of drug-likeness (QED) is 0.892. The van der Waals surface area contributed by atoms with Crippen molar-refractivity contribution in [1.82, 2.24) is 10.3 Å². The van der Waals surface area contributed by atoms with Gasteiger partial charge in [0.25, 0.3) is 0 Å². The molecule has 88 valence electrons. The summed E-state index contributed by atoms with van der Waals surface area (Å²) in [6.45, 7) is 2.96. The van der Waals surface area contributed by atoms with E-state index in [4.69, 9.17) is 11.6 Å². The third kappa shape index (κ3) is 3.55. The number of benzene rings is 1. The number of halogens is 1. The number of nitrogens with one attached hydrogen (secondary N) is 1. The first kappa shape index (κ1) is 12.1. The van der Waals surface area contributed by atoms with Gasteiger partial charge in [-0.15, -0.1) is 0 Å². The molecular formula is C14H15ClN2. The summed E-state index contributed by atoms with van der Waals surface area (Å²) >= 11 is 5.84.